The van der Waals surface area contributed by atoms with Crippen molar-refractivity contribution in [3.05, 3.63) is 122 Å². The van der Waals surface area contributed by atoms with Gasteiger partial charge in [0.2, 0.25) is 5.91 Å². The molecule has 2 amide bonds. The average molecular weight is 589 g/mol. The lowest BCUT2D eigenvalue weighted by molar-refractivity contribution is -0.384. The van der Waals surface area contributed by atoms with Crippen LogP contribution in [0.1, 0.15) is 51.2 Å². The molecule has 0 aliphatic carbocycles. The minimum Gasteiger partial charge on any atom is -0.492 e. The van der Waals surface area contributed by atoms with Crippen molar-refractivity contribution < 1.29 is 19.2 Å². The van der Waals surface area contributed by atoms with Crippen LogP contribution < -0.4 is 21.1 Å². The number of nitrogens with one attached hydrogen (secondary N) is 3. The van der Waals surface area contributed by atoms with Crippen LogP contribution in [0.2, 0.25) is 5.02 Å². The number of nitro groups is 1. The van der Waals surface area contributed by atoms with Crippen molar-refractivity contribution in [2.45, 2.75) is 37.4 Å². The number of aromatic nitrogens is 2. The number of nitro benzene ring substituents is 1. The van der Waals surface area contributed by atoms with Gasteiger partial charge >= 0.3 is 0 Å². The highest BCUT2D eigenvalue weighted by Gasteiger charge is 2.30. The zero-order valence-corrected chi connectivity index (χ0v) is 23.2. The number of imidazole rings is 1. The summed E-state index contributed by atoms with van der Waals surface area (Å²) in [6.07, 6.45) is 4.73. The van der Waals surface area contributed by atoms with Gasteiger partial charge in [0.1, 0.15) is 11.8 Å². The molecule has 5 rings (SSSR count). The van der Waals surface area contributed by atoms with Crippen LogP contribution in [0.15, 0.2) is 79.3 Å². The zero-order valence-electron chi connectivity index (χ0n) is 22.5. The third-order valence-electron chi connectivity index (χ3n) is 7.20. The number of H-pyrrole nitrogens is 1. The van der Waals surface area contributed by atoms with Crippen molar-refractivity contribution in [1.29, 1.82) is 0 Å². The van der Waals surface area contributed by atoms with Gasteiger partial charge < -0.3 is 26.1 Å². The van der Waals surface area contributed by atoms with E-state index < -0.39 is 22.8 Å². The summed E-state index contributed by atoms with van der Waals surface area (Å²) in [5, 5.41) is 18.1. The maximum Gasteiger partial charge on any atom is 0.269 e. The average Bonchev–Trinajstić information content (AvgIpc) is 3.53. The van der Waals surface area contributed by atoms with E-state index in [0.29, 0.717) is 35.8 Å². The largest absolute Gasteiger partial charge is 0.492 e. The molecule has 1 unspecified atom stereocenters. The molecule has 11 nitrogen and oxygen atoms in total. The number of halogens is 1. The third kappa shape index (κ3) is 6.76. The van der Waals surface area contributed by atoms with E-state index in [-0.39, 0.29) is 24.2 Å². The molecule has 0 saturated carbocycles. The molecule has 5 N–H and O–H groups in total. The van der Waals surface area contributed by atoms with Crippen molar-refractivity contribution in [2.24, 2.45) is 5.73 Å². The molecule has 0 spiro atoms. The summed E-state index contributed by atoms with van der Waals surface area (Å²) in [7, 11) is 0. The smallest absolute Gasteiger partial charge is 0.269 e. The van der Waals surface area contributed by atoms with Crippen LogP contribution in [0.3, 0.4) is 0 Å². The Balaban J connectivity index is 1.35. The van der Waals surface area contributed by atoms with Gasteiger partial charge in [0.05, 0.1) is 35.2 Å². The minimum absolute atomic E-state index is 0.0284. The molecular weight excluding hydrogens is 560 g/mol. The van der Waals surface area contributed by atoms with E-state index in [0.717, 1.165) is 22.4 Å². The van der Waals surface area contributed by atoms with Gasteiger partial charge in [-0.25, -0.2) is 4.98 Å². The van der Waals surface area contributed by atoms with Gasteiger partial charge in [0, 0.05) is 47.8 Å². The van der Waals surface area contributed by atoms with Gasteiger partial charge in [-0.15, -0.1) is 0 Å². The van der Waals surface area contributed by atoms with Crippen molar-refractivity contribution in [3.8, 4) is 5.75 Å². The normalized spacial score (nSPS) is 15.6. The molecule has 3 aromatic carbocycles. The minimum atomic E-state index is -0.932. The summed E-state index contributed by atoms with van der Waals surface area (Å²) in [4.78, 5) is 43.6. The Morgan fingerprint density at radius 2 is 1.81 bits per heavy atom. The monoisotopic (exact) mass is 588 g/mol. The number of fused-ring (bicyclic) bond motifs is 1. The lowest BCUT2D eigenvalue weighted by Crippen LogP contribution is -2.46. The molecule has 3 atom stereocenters. The summed E-state index contributed by atoms with van der Waals surface area (Å²) in [5.41, 5.74) is 9.32. The number of hydrogen-bond acceptors (Lipinski definition) is 7. The molecule has 0 bridgehead atoms. The van der Waals surface area contributed by atoms with Crippen LogP contribution in [0, 0.1) is 10.1 Å². The summed E-state index contributed by atoms with van der Waals surface area (Å²) >= 11 is 5.96. The Morgan fingerprint density at radius 3 is 2.48 bits per heavy atom. The molecule has 4 aromatic rings. The fourth-order valence-corrected chi connectivity index (χ4v) is 5.17. The number of para-hydroxylation sites is 1. The number of rotatable bonds is 11. The van der Waals surface area contributed by atoms with Gasteiger partial charge in [-0.05, 0) is 35.7 Å². The van der Waals surface area contributed by atoms with Crippen LogP contribution in [-0.2, 0) is 17.6 Å². The zero-order chi connectivity index (χ0) is 29.6. The van der Waals surface area contributed by atoms with Crippen molar-refractivity contribution in [3.63, 3.8) is 0 Å². The second-order valence-corrected chi connectivity index (χ2v) is 10.5. The Morgan fingerprint density at radius 1 is 1.10 bits per heavy atom. The Bertz CT molecular complexity index is 1560. The first kappa shape index (κ1) is 28.8. The highest BCUT2D eigenvalue weighted by atomic mass is 35.5. The Hall–Kier alpha value is -4.74. The lowest BCUT2D eigenvalue weighted by atomic mass is 9.94. The van der Waals surface area contributed by atoms with E-state index in [1.54, 1.807) is 61.1 Å². The molecule has 1 aliphatic heterocycles. The number of nitrogens with zero attached hydrogens (tertiary/aromatic N) is 2. The number of non-ortho nitro benzene ring substituents is 1. The number of carbonyl (C=O) groups is 2. The highest BCUT2D eigenvalue weighted by molar-refractivity contribution is 6.30. The first-order valence-electron chi connectivity index (χ1n) is 13.4. The SMILES string of the molecule is NC(=O)[C@H](Cc1ccc(Cl)cc1)NC(=O)c1cccc2c1OCCC2N[C@@H](Cc1ccc([N+](=O)[O-])cc1)c1cnc[nH]1. The first-order valence-corrected chi connectivity index (χ1v) is 13.7. The summed E-state index contributed by atoms with van der Waals surface area (Å²) in [6.45, 7) is 0.367. The van der Waals surface area contributed by atoms with Crippen LogP contribution >= 0.6 is 11.6 Å². The molecule has 42 heavy (non-hydrogen) atoms. The van der Waals surface area contributed by atoms with Crippen molar-refractivity contribution in [2.75, 3.05) is 6.61 Å². The number of primary amides is 1. The van der Waals surface area contributed by atoms with Crippen molar-refractivity contribution >= 4 is 29.1 Å². The first-order chi connectivity index (χ1) is 20.3. The number of ether oxygens (including phenoxy) is 1. The van der Waals surface area contributed by atoms with Gasteiger partial charge in [-0.3, -0.25) is 19.7 Å². The predicted octanol–water partition coefficient (Wildman–Crippen LogP) is 4.19. The van der Waals surface area contributed by atoms with E-state index in [2.05, 4.69) is 20.6 Å². The summed E-state index contributed by atoms with van der Waals surface area (Å²) < 4.78 is 5.99. The van der Waals surface area contributed by atoms with Gasteiger partial charge in [0.15, 0.2) is 0 Å². The maximum absolute atomic E-state index is 13.4. The van der Waals surface area contributed by atoms with Crippen molar-refractivity contribution in [1.82, 2.24) is 20.6 Å². The number of carbonyl (C=O) groups excluding carboxylic acids is 2. The number of hydrogen-bond donors (Lipinski definition) is 4. The summed E-state index contributed by atoms with van der Waals surface area (Å²) in [6, 6.07) is 17.4. The number of benzene rings is 3. The lowest BCUT2D eigenvalue weighted by Gasteiger charge is -2.31. The molecule has 0 saturated heterocycles. The van der Waals surface area contributed by atoms with E-state index in [9.17, 15) is 19.7 Å². The standard InChI is InChI=1S/C30H29ClN6O5/c31-20-8-4-18(5-9-20)15-26(29(32)38)36-30(39)23-3-1-2-22-24(12-13-42-28(22)23)35-25(27-16-33-17-34-27)14-19-6-10-21(11-7-19)37(40)41/h1-11,16-17,24-26,35H,12-15H2,(H2,32,38)(H,33,34)(H,36,39)/t24?,25-,26-/m0/s1. The maximum atomic E-state index is 13.4. The van der Waals surface area contributed by atoms with E-state index in [1.807, 2.05) is 6.07 Å². The molecule has 2 heterocycles. The summed E-state index contributed by atoms with van der Waals surface area (Å²) in [5.74, 6) is -0.689. The van der Waals surface area contributed by atoms with Gasteiger partial charge in [-0.2, -0.15) is 0 Å². The molecule has 0 fully saturated rings. The number of nitrogens with two attached hydrogens (primary N) is 1. The molecule has 216 valence electrons. The Labute approximate surface area is 246 Å². The molecular formula is C30H29ClN6O5. The fourth-order valence-electron chi connectivity index (χ4n) is 5.04. The number of amides is 2. The molecule has 1 aliphatic rings. The van der Waals surface area contributed by atoms with Crippen LogP contribution in [0.25, 0.3) is 0 Å². The third-order valence-corrected chi connectivity index (χ3v) is 7.46. The second kappa shape index (κ2) is 12.8. The van der Waals surface area contributed by atoms with E-state index in [4.69, 9.17) is 22.1 Å². The van der Waals surface area contributed by atoms with E-state index in [1.165, 1.54) is 12.1 Å². The predicted molar refractivity (Wildman–Crippen MR) is 156 cm³/mol. The van der Waals surface area contributed by atoms with E-state index >= 15 is 0 Å². The molecule has 12 heteroatoms. The molecule has 0 radical (unpaired) electrons. The fraction of sp³-hybridized carbons (Fsp3) is 0.233. The topological polar surface area (TPSA) is 165 Å². The van der Waals surface area contributed by atoms with Crippen LogP contribution in [-0.4, -0.2) is 39.4 Å². The van der Waals surface area contributed by atoms with Crippen LogP contribution in [0.5, 0.6) is 5.75 Å². The molecule has 1 aromatic heterocycles. The van der Waals surface area contributed by atoms with Crippen LogP contribution in [0.4, 0.5) is 5.69 Å². The second-order valence-electron chi connectivity index (χ2n) is 10.0. The highest BCUT2D eigenvalue weighted by Crippen LogP contribution is 2.37. The Kier molecular flexibility index (Phi) is 8.80. The quantitative estimate of drug-likeness (QED) is 0.150. The van der Waals surface area contributed by atoms with Gasteiger partial charge in [0.25, 0.3) is 11.6 Å². The van der Waals surface area contributed by atoms with Gasteiger partial charge in [-0.1, -0.05) is 48.0 Å². The number of aromatic amines is 1.